The molecule has 4 aromatic rings. The van der Waals surface area contributed by atoms with Gasteiger partial charge in [0.25, 0.3) is 0 Å². The Kier molecular flexibility index (Phi) is 3.93. The largest absolute Gasteiger partial charge is 0.461 e. The molecule has 5 rings (SSSR count). The van der Waals surface area contributed by atoms with Crippen LogP contribution in [0.1, 0.15) is 29.0 Å². The minimum Gasteiger partial charge on any atom is -0.461 e. The zero-order chi connectivity index (χ0) is 18.9. The van der Waals surface area contributed by atoms with Gasteiger partial charge in [-0.25, -0.2) is 14.6 Å². The molecule has 138 valence electrons. The van der Waals surface area contributed by atoms with Gasteiger partial charge in [-0.1, -0.05) is 6.07 Å². The van der Waals surface area contributed by atoms with Crippen LogP contribution in [-0.4, -0.2) is 30.6 Å². The third kappa shape index (κ3) is 2.94. The molecule has 1 aliphatic rings. The van der Waals surface area contributed by atoms with E-state index in [2.05, 4.69) is 25.4 Å². The van der Waals surface area contributed by atoms with Gasteiger partial charge in [-0.2, -0.15) is 5.10 Å². The van der Waals surface area contributed by atoms with E-state index in [-0.39, 0.29) is 11.8 Å². The summed E-state index contributed by atoms with van der Waals surface area (Å²) in [6, 6.07) is 7.46. The van der Waals surface area contributed by atoms with Gasteiger partial charge < -0.3 is 9.73 Å². The van der Waals surface area contributed by atoms with Crippen LogP contribution in [0.3, 0.4) is 0 Å². The quantitative estimate of drug-likeness (QED) is 0.591. The number of fused-ring (bicyclic) bond motifs is 1. The van der Waals surface area contributed by atoms with Gasteiger partial charge in [0.1, 0.15) is 5.82 Å². The number of carbonyl (C=O) groups is 1. The number of hydrogen-bond donors (Lipinski definition) is 1. The molecule has 0 unspecified atom stereocenters. The first-order valence-corrected chi connectivity index (χ1v) is 8.88. The van der Waals surface area contributed by atoms with E-state index in [4.69, 9.17) is 4.42 Å². The van der Waals surface area contributed by atoms with Crippen molar-refractivity contribution >= 4 is 11.7 Å². The van der Waals surface area contributed by atoms with E-state index in [0.717, 1.165) is 16.7 Å². The number of carbonyl (C=O) groups excluding carboxylic acids is 1. The smallest absolute Gasteiger partial charge is 0.226 e. The summed E-state index contributed by atoms with van der Waals surface area (Å²) in [7, 11) is 0. The van der Waals surface area contributed by atoms with Crippen molar-refractivity contribution in [2.75, 3.05) is 5.32 Å². The number of nitrogens with zero attached hydrogens (tertiary/aromatic N) is 5. The number of rotatable bonds is 4. The molecule has 1 amide bonds. The SMILES string of the molecule is O=C1C[C@H](c2cnc(-c3ccco3)nc2)c2cnn(Cc3cccnc3)c2N1. The Hall–Kier alpha value is -3.81. The highest BCUT2D eigenvalue weighted by Gasteiger charge is 2.30. The van der Waals surface area contributed by atoms with Crippen LogP contribution in [0.15, 0.2) is 65.9 Å². The molecule has 8 heteroatoms. The number of hydrogen-bond acceptors (Lipinski definition) is 6. The summed E-state index contributed by atoms with van der Waals surface area (Å²) in [5, 5.41) is 7.43. The van der Waals surface area contributed by atoms with Gasteiger partial charge in [0.15, 0.2) is 11.6 Å². The van der Waals surface area contributed by atoms with E-state index >= 15 is 0 Å². The second-order valence-corrected chi connectivity index (χ2v) is 6.59. The van der Waals surface area contributed by atoms with Crippen molar-refractivity contribution in [1.29, 1.82) is 0 Å². The highest BCUT2D eigenvalue weighted by Crippen LogP contribution is 2.37. The molecule has 0 aliphatic carbocycles. The summed E-state index contributed by atoms with van der Waals surface area (Å²) < 4.78 is 7.12. The summed E-state index contributed by atoms with van der Waals surface area (Å²) in [5.74, 6) is 1.64. The predicted octanol–water partition coefficient (Wildman–Crippen LogP) is 2.85. The molecule has 4 aromatic heterocycles. The molecule has 0 radical (unpaired) electrons. The predicted molar refractivity (Wildman–Crippen MR) is 100 cm³/mol. The topological polar surface area (TPSA) is 98.7 Å². The Balaban J connectivity index is 1.47. The lowest BCUT2D eigenvalue weighted by atomic mass is 9.89. The maximum Gasteiger partial charge on any atom is 0.226 e. The Morgan fingerprint density at radius 2 is 2.04 bits per heavy atom. The van der Waals surface area contributed by atoms with Gasteiger partial charge in [-0.3, -0.25) is 9.78 Å². The van der Waals surface area contributed by atoms with Crippen LogP contribution in [0.2, 0.25) is 0 Å². The van der Waals surface area contributed by atoms with Crippen molar-refractivity contribution in [3.05, 3.63) is 78.2 Å². The lowest BCUT2D eigenvalue weighted by Crippen LogP contribution is -2.25. The van der Waals surface area contributed by atoms with Crippen LogP contribution >= 0.6 is 0 Å². The second-order valence-electron chi connectivity index (χ2n) is 6.59. The fourth-order valence-electron chi connectivity index (χ4n) is 3.40. The molecule has 0 saturated heterocycles. The van der Waals surface area contributed by atoms with Gasteiger partial charge >= 0.3 is 0 Å². The normalized spacial score (nSPS) is 15.9. The van der Waals surface area contributed by atoms with Gasteiger partial charge in [-0.15, -0.1) is 0 Å². The Morgan fingerprint density at radius 1 is 1.14 bits per heavy atom. The third-order valence-corrected chi connectivity index (χ3v) is 4.76. The molecule has 0 fully saturated rings. The zero-order valence-corrected chi connectivity index (χ0v) is 14.8. The molecule has 8 nitrogen and oxygen atoms in total. The zero-order valence-electron chi connectivity index (χ0n) is 14.8. The fraction of sp³-hybridized carbons (Fsp3) is 0.150. The highest BCUT2D eigenvalue weighted by atomic mass is 16.3. The molecular weight excluding hydrogens is 356 g/mol. The minimum absolute atomic E-state index is 0.0550. The van der Waals surface area contributed by atoms with Gasteiger partial charge in [-0.05, 0) is 29.3 Å². The van der Waals surface area contributed by atoms with Gasteiger partial charge in [0, 0.05) is 42.7 Å². The van der Waals surface area contributed by atoms with Gasteiger partial charge in [0.05, 0.1) is 19.0 Å². The molecule has 1 atom stereocenters. The maximum absolute atomic E-state index is 12.3. The first-order chi connectivity index (χ1) is 13.8. The van der Waals surface area contributed by atoms with Crippen LogP contribution in [0.25, 0.3) is 11.6 Å². The Morgan fingerprint density at radius 3 is 2.79 bits per heavy atom. The molecule has 0 saturated carbocycles. The van der Waals surface area contributed by atoms with Gasteiger partial charge in [0.2, 0.25) is 5.91 Å². The maximum atomic E-state index is 12.3. The highest BCUT2D eigenvalue weighted by molar-refractivity contribution is 5.94. The Labute approximate surface area is 160 Å². The number of anilines is 1. The Bertz CT molecular complexity index is 1100. The first kappa shape index (κ1) is 16.4. The van der Waals surface area contributed by atoms with Crippen molar-refractivity contribution in [3.63, 3.8) is 0 Å². The van der Waals surface area contributed by atoms with E-state index in [1.807, 2.05) is 18.2 Å². The molecule has 1 aliphatic heterocycles. The van der Waals surface area contributed by atoms with Crippen molar-refractivity contribution in [1.82, 2.24) is 24.7 Å². The molecule has 0 bridgehead atoms. The van der Waals surface area contributed by atoms with E-state index in [1.54, 1.807) is 48.0 Å². The number of furan rings is 1. The average Bonchev–Trinajstić information content (AvgIpc) is 3.39. The van der Waals surface area contributed by atoms with E-state index < -0.39 is 0 Å². The number of nitrogens with one attached hydrogen (secondary N) is 1. The molecule has 0 aromatic carbocycles. The standard InChI is InChI=1S/C20H16N6O2/c27-18-7-15(14-9-22-19(23-10-14)17-4-2-6-28-17)16-11-24-26(20(16)25-18)12-13-3-1-5-21-8-13/h1-6,8-11,15H,7,12H2,(H,25,27)/t15-/m1/s1. The van der Waals surface area contributed by atoms with Crippen molar-refractivity contribution in [3.8, 4) is 11.6 Å². The average molecular weight is 372 g/mol. The summed E-state index contributed by atoms with van der Waals surface area (Å²) >= 11 is 0. The number of amides is 1. The molecular formula is C20H16N6O2. The van der Waals surface area contributed by atoms with Crippen LogP contribution in [0.4, 0.5) is 5.82 Å². The van der Waals surface area contributed by atoms with E-state index in [1.165, 1.54) is 0 Å². The van der Waals surface area contributed by atoms with E-state index in [0.29, 0.717) is 30.4 Å². The van der Waals surface area contributed by atoms with Crippen LogP contribution in [-0.2, 0) is 11.3 Å². The summed E-state index contributed by atoms with van der Waals surface area (Å²) in [6.45, 7) is 0.532. The second kappa shape index (κ2) is 6.73. The summed E-state index contributed by atoms with van der Waals surface area (Å²) in [5.41, 5.74) is 2.83. The molecule has 0 spiro atoms. The first-order valence-electron chi connectivity index (χ1n) is 8.88. The van der Waals surface area contributed by atoms with Crippen molar-refractivity contribution < 1.29 is 9.21 Å². The minimum atomic E-state index is -0.142. The molecule has 28 heavy (non-hydrogen) atoms. The fourth-order valence-corrected chi connectivity index (χ4v) is 3.40. The van der Waals surface area contributed by atoms with Crippen LogP contribution < -0.4 is 5.32 Å². The summed E-state index contributed by atoms with van der Waals surface area (Å²) in [6.07, 6.45) is 10.7. The van der Waals surface area contributed by atoms with Crippen molar-refractivity contribution in [2.24, 2.45) is 0 Å². The molecule has 1 N–H and O–H groups in total. The lowest BCUT2D eigenvalue weighted by molar-refractivity contribution is -0.116. The van der Waals surface area contributed by atoms with E-state index in [9.17, 15) is 4.79 Å². The molecule has 5 heterocycles. The number of pyridine rings is 1. The van der Waals surface area contributed by atoms with Crippen molar-refractivity contribution in [2.45, 2.75) is 18.9 Å². The monoisotopic (exact) mass is 372 g/mol. The third-order valence-electron chi connectivity index (χ3n) is 4.76. The number of aromatic nitrogens is 5. The summed E-state index contributed by atoms with van der Waals surface area (Å²) in [4.78, 5) is 25.3. The van der Waals surface area contributed by atoms with Crippen LogP contribution in [0.5, 0.6) is 0 Å². The van der Waals surface area contributed by atoms with Crippen LogP contribution in [0, 0.1) is 0 Å². The lowest BCUT2D eigenvalue weighted by Gasteiger charge is -2.23.